The van der Waals surface area contributed by atoms with Crippen LogP contribution in [0.4, 0.5) is 0 Å². The van der Waals surface area contributed by atoms with E-state index in [1.54, 1.807) is 6.92 Å². The van der Waals surface area contributed by atoms with Crippen molar-refractivity contribution in [3.8, 4) is 0 Å². The molecule has 17 heavy (non-hydrogen) atoms. The van der Waals surface area contributed by atoms with Gasteiger partial charge in [-0.2, -0.15) is 0 Å². The highest BCUT2D eigenvalue weighted by Crippen LogP contribution is 2.07. The number of allylic oxidation sites excluding steroid dienone is 3. The van der Waals surface area contributed by atoms with Gasteiger partial charge in [-0.1, -0.05) is 68.3 Å². The lowest BCUT2D eigenvalue weighted by Crippen LogP contribution is -1.90. The van der Waals surface area contributed by atoms with Crippen LogP contribution in [0.1, 0.15) is 49.0 Å². The summed E-state index contributed by atoms with van der Waals surface area (Å²) in [6.07, 6.45) is 12.0. The fraction of sp³-hybridized carbons (Fsp3) is 0.312. The molecule has 90 valence electrons. The van der Waals surface area contributed by atoms with E-state index < -0.39 is 0 Å². The van der Waals surface area contributed by atoms with Crippen molar-refractivity contribution in [1.29, 1.82) is 0 Å². The van der Waals surface area contributed by atoms with E-state index in [1.807, 2.05) is 36.4 Å². The lowest BCUT2D eigenvalue weighted by Gasteiger charge is -1.95. The van der Waals surface area contributed by atoms with E-state index in [9.17, 15) is 4.79 Å². The van der Waals surface area contributed by atoms with Gasteiger partial charge in [0.05, 0.1) is 0 Å². The standard InChI is InChI=1S/C16H20O/c1-3-4-5-6-7-8-9-15-10-12-16(13-11-15)14(2)17/h6-13H,3-5H2,1-2H3/b7-6-,9-8+. The van der Waals surface area contributed by atoms with Crippen molar-refractivity contribution in [2.24, 2.45) is 0 Å². The molecule has 1 aromatic carbocycles. The molecule has 0 aliphatic heterocycles. The Kier molecular flexibility index (Phi) is 6.02. The first-order valence-electron chi connectivity index (χ1n) is 6.18. The first-order chi connectivity index (χ1) is 8.24. The lowest BCUT2D eigenvalue weighted by atomic mass is 10.1. The molecule has 0 aromatic heterocycles. The normalized spacial score (nSPS) is 11.4. The third-order valence-corrected chi connectivity index (χ3v) is 2.58. The second-order valence-corrected chi connectivity index (χ2v) is 4.11. The molecule has 0 radical (unpaired) electrons. The summed E-state index contributed by atoms with van der Waals surface area (Å²) in [5.41, 5.74) is 1.88. The molecule has 0 aliphatic rings. The van der Waals surface area contributed by atoms with Gasteiger partial charge >= 0.3 is 0 Å². The van der Waals surface area contributed by atoms with Gasteiger partial charge in [0.25, 0.3) is 0 Å². The number of unbranched alkanes of at least 4 members (excludes halogenated alkanes) is 2. The Hall–Kier alpha value is -1.63. The summed E-state index contributed by atoms with van der Waals surface area (Å²) in [5, 5.41) is 0. The van der Waals surface area contributed by atoms with Crippen LogP contribution in [0, 0.1) is 0 Å². The molecular formula is C16H20O. The van der Waals surface area contributed by atoms with Crippen molar-refractivity contribution in [2.75, 3.05) is 0 Å². The van der Waals surface area contributed by atoms with E-state index in [0.29, 0.717) is 0 Å². The van der Waals surface area contributed by atoms with Crippen LogP contribution in [0.25, 0.3) is 6.08 Å². The van der Waals surface area contributed by atoms with E-state index in [1.165, 1.54) is 12.8 Å². The van der Waals surface area contributed by atoms with E-state index >= 15 is 0 Å². The molecule has 0 spiro atoms. The lowest BCUT2D eigenvalue weighted by molar-refractivity contribution is 0.101. The van der Waals surface area contributed by atoms with Crippen LogP contribution in [0.2, 0.25) is 0 Å². The Balaban J connectivity index is 2.48. The van der Waals surface area contributed by atoms with Gasteiger partial charge in [-0.3, -0.25) is 4.79 Å². The number of Topliss-reactive ketones (excluding diaryl/α,β-unsaturated/α-hetero) is 1. The van der Waals surface area contributed by atoms with E-state index in [-0.39, 0.29) is 5.78 Å². The minimum atomic E-state index is 0.111. The van der Waals surface area contributed by atoms with Crippen molar-refractivity contribution >= 4 is 11.9 Å². The van der Waals surface area contributed by atoms with Crippen molar-refractivity contribution in [1.82, 2.24) is 0 Å². The zero-order valence-electron chi connectivity index (χ0n) is 10.6. The predicted octanol–water partition coefficient (Wildman–Crippen LogP) is 4.65. The van der Waals surface area contributed by atoms with Crippen LogP contribution in [0.5, 0.6) is 0 Å². The topological polar surface area (TPSA) is 17.1 Å². The van der Waals surface area contributed by atoms with Gasteiger partial charge in [-0.25, -0.2) is 0 Å². The van der Waals surface area contributed by atoms with Crippen LogP contribution in [0.15, 0.2) is 42.5 Å². The first kappa shape index (κ1) is 13.4. The second kappa shape index (κ2) is 7.61. The Morgan fingerprint density at radius 2 is 1.88 bits per heavy atom. The second-order valence-electron chi connectivity index (χ2n) is 4.11. The summed E-state index contributed by atoms with van der Waals surface area (Å²) in [4.78, 5) is 11.1. The molecule has 1 aromatic rings. The number of carbonyl (C=O) groups is 1. The quantitative estimate of drug-likeness (QED) is 0.393. The number of ketones is 1. The first-order valence-corrected chi connectivity index (χ1v) is 6.18. The highest BCUT2D eigenvalue weighted by atomic mass is 16.1. The van der Waals surface area contributed by atoms with Gasteiger partial charge in [0.1, 0.15) is 0 Å². The number of carbonyl (C=O) groups excluding carboxylic acids is 1. The van der Waals surface area contributed by atoms with Gasteiger partial charge in [0, 0.05) is 5.56 Å². The summed E-state index contributed by atoms with van der Waals surface area (Å²) >= 11 is 0. The van der Waals surface area contributed by atoms with E-state index in [0.717, 1.165) is 17.5 Å². The minimum absolute atomic E-state index is 0.111. The maximum absolute atomic E-state index is 11.1. The maximum atomic E-state index is 11.1. The monoisotopic (exact) mass is 228 g/mol. The molecule has 0 fully saturated rings. The number of hydrogen-bond donors (Lipinski definition) is 0. The number of hydrogen-bond acceptors (Lipinski definition) is 1. The molecule has 1 nitrogen and oxygen atoms in total. The molecule has 0 aliphatic carbocycles. The van der Waals surface area contributed by atoms with Crippen molar-refractivity contribution in [3.05, 3.63) is 53.6 Å². The molecule has 0 N–H and O–H groups in total. The fourth-order valence-corrected chi connectivity index (χ4v) is 1.49. The molecule has 0 saturated heterocycles. The van der Waals surface area contributed by atoms with Gasteiger partial charge in [0.15, 0.2) is 5.78 Å². The molecule has 0 bridgehead atoms. The van der Waals surface area contributed by atoms with Crippen LogP contribution >= 0.6 is 0 Å². The third-order valence-electron chi connectivity index (χ3n) is 2.58. The Bertz CT molecular complexity index is 396. The largest absolute Gasteiger partial charge is 0.295 e. The van der Waals surface area contributed by atoms with Crippen LogP contribution in [-0.2, 0) is 0 Å². The third kappa shape index (κ3) is 5.30. The summed E-state index contributed by atoms with van der Waals surface area (Å²) in [5.74, 6) is 0.111. The fourth-order valence-electron chi connectivity index (χ4n) is 1.49. The average Bonchev–Trinajstić information content (AvgIpc) is 2.34. The molecule has 0 saturated carbocycles. The maximum Gasteiger partial charge on any atom is 0.159 e. The van der Waals surface area contributed by atoms with Gasteiger partial charge in [-0.05, 0) is 18.9 Å². The summed E-state index contributed by atoms with van der Waals surface area (Å²) in [7, 11) is 0. The minimum Gasteiger partial charge on any atom is -0.295 e. The summed E-state index contributed by atoms with van der Waals surface area (Å²) < 4.78 is 0. The smallest absolute Gasteiger partial charge is 0.159 e. The van der Waals surface area contributed by atoms with Crippen LogP contribution < -0.4 is 0 Å². The van der Waals surface area contributed by atoms with Crippen LogP contribution in [-0.4, -0.2) is 5.78 Å². The zero-order chi connectivity index (χ0) is 12.5. The molecule has 1 heteroatoms. The molecule has 0 atom stereocenters. The molecule has 0 amide bonds. The van der Waals surface area contributed by atoms with Crippen LogP contribution in [0.3, 0.4) is 0 Å². The Morgan fingerprint density at radius 1 is 1.18 bits per heavy atom. The van der Waals surface area contributed by atoms with E-state index in [2.05, 4.69) is 19.1 Å². The number of benzene rings is 1. The van der Waals surface area contributed by atoms with Crippen molar-refractivity contribution in [2.45, 2.75) is 33.1 Å². The van der Waals surface area contributed by atoms with Gasteiger partial charge in [0.2, 0.25) is 0 Å². The Morgan fingerprint density at radius 3 is 2.47 bits per heavy atom. The highest BCUT2D eigenvalue weighted by Gasteiger charge is 1.96. The Labute approximate surface area is 104 Å². The van der Waals surface area contributed by atoms with Crippen molar-refractivity contribution in [3.63, 3.8) is 0 Å². The van der Waals surface area contributed by atoms with Gasteiger partial charge in [-0.15, -0.1) is 0 Å². The van der Waals surface area contributed by atoms with Gasteiger partial charge < -0.3 is 0 Å². The average molecular weight is 228 g/mol. The zero-order valence-corrected chi connectivity index (χ0v) is 10.6. The molecule has 0 unspecified atom stereocenters. The molecular weight excluding hydrogens is 208 g/mol. The van der Waals surface area contributed by atoms with E-state index in [4.69, 9.17) is 0 Å². The SMILES string of the molecule is CCCC/C=C\C=C\c1ccc(C(C)=O)cc1. The number of rotatable bonds is 6. The molecule has 1 rings (SSSR count). The summed E-state index contributed by atoms with van der Waals surface area (Å²) in [6.45, 7) is 3.78. The summed E-state index contributed by atoms with van der Waals surface area (Å²) in [6, 6.07) is 7.66. The predicted molar refractivity (Wildman–Crippen MR) is 74.1 cm³/mol. The molecule has 0 heterocycles. The highest BCUT2D eigenvalue weighted by molar-refractivity contribution is 5.94. The van der Waals surface area contributed by atoms with Crippen molar-refractivity contribution < 1.29 is 4.79 Å².